The normalized spacial score (nSPS) is 10.9. The molecule has 0 aliphatic rings. The Bertz CT molecular complexity index is 305. The number of carbonyl (C=O) groups excluding carboxylic acids is 3. The summed E-state index contributed by atoms with van der Waals surface area (Å²) in [5.74, 6) is -0.510. The van der Waals surface area contributed by atoms with Crippen LogP contribution in [-0.2, 0) is 19.1 Å². The number of amides is 1. The van der Waals surface area contributed by atoms with E-state index in [9.17, 15) is 14.4 Å². The lowest BCUT2D eigenvalue weighted by atomic mass is 10.1. The molecule has 0 saturated carbocycles. The van der Waals surface area contributed by atoms with Crippen molar-refractivity contribution in [3.63, 3.8) is 0 Å². The molecule has 0 radical (unpaired) electrons. The molecule has 0 unspecified atom stereocenters. The number of esters is 1. The lowest BCUT2D eigenvalue weighted by Gasteiger charge is -2.19. The molecule has 0 aliphatic heterocycles. The number of hydrogen-bond donors (Lipinski definition) is 1. The molecule has 0 bridgehead atoms. The van der Waals surface area contributed by atoms with Crippen LogP contribution < -0.4 is 5.32 Å². The first-order chi connectivity index (χ1) is 8.24. The van der Waals surface area contributed by atoms with Gasteiger partial charge in [0.25, 0.3) is 0 Å². The highest BCUT2D eigenvalue weighted by atomic mass is 16.6. The van der Waals surface area contributed by atoms with Crippen molar-refractivity contribution in [1.29, 1.82) is 0 Å². The summed E-state index contributed by atoms with van der Waals surface area (Å²) >= 11 is 0. The molecular weight excluding hydrogens is 234 g/mol. The summed E-state index contributed by atoms with van der Waals surface area (Å²) in [7, 11) is 0. The van der Waals surface area contributed by atoms with Crippen LogP contribution in [0.2, 0.25) is 0 Å². The lowest BCUT2D eigenvalue weighted by molar-refractivity contribution is -0.154. The second-order valence-electron chi connectivity index (χ2n) is 5.11. The van der Waals surface area contributed by atoms with Crippen molar-refractivity contribution >= 4 is 17.7 Å². The Labute approximate surface area is 108 Å². The van der Waals surface area contributed by atoms with Crippen molar-refractivity contribution in [2.24, 2.45) is 0 Å². The van der Waals surface area contributed by atoms with Crippen molar-refractivity contribution in [3.8, 4) is 0 Å². The predicted molar refractivity (Wildman–Crippen MR) is 68.0 cm³/mol. The van der Waals surface area contributed by atoms with Crippen molar-refractivity contribution in [1.82, 2.24) is 5.32 Å². The first-order valence-electron chi connectivity index (χ1n) is 6.25. The number of ether oxygens (including phenoxy) is 1. The predicted octanol–water partition coefficient (Wildman–Crippen LogP) is 1.59. The van der Waals surface area contributed by atoms with Gasteiger partial charge in [-0.15, -0.1) is 0 Å². The maximum Gasteiger partial charge on any atom is 0.306 e. The zero-order valence-electron chi connectivity index (χ0n) is 11.7. The van der Waals surface area contributed by atoms with Gasteiger partial charge in [-0.25, -0.2) is 0 Å². The molecule has 0 spiro atoms. The highest BCUT2D eigenvalue weighted by molar-refractivity contribution is 5.86. The van der Waals surface area contributed by atoms with Gasteiger partial charge in [0.1, 0.15) is 5.60 Å². The van der Waals surface area contributed by atoms with Crippen LogP contribution in [0.1, 0.15) is 53.4 Å². The van der Waals surface area contributed by atoms with Crippen molar-refractivity contribution in [2.75, 3.05) is 6.54 Å². The van der Waals surface area contributed by atoms with E-state index in [2.05, 4.69) is 5.32 Å². The Hall–Kier alpha value is -1.39. The molecule has 0 fully saturated rings. The first kappa shape index (κ1) is 16.6. The largest absolute Gasteiger partial charge is 0.460 e. The van der Waals surface area contributed by atoms with Gasteiger partial charge in [-0.3, -0.25) is 14.4 Å². The minimum atomic E-state index is -0.490. The van der Waals surface area contributed by atoms with Crippen LogP contribution in [0.15, 0.2) is 0 Å². The van der Waals surface area contributed by atoms with E-state index >= 15 is 0 Å². The molecule has 0 aromatic heterocycles. The standard InChI is InChI=1S/C13H23NO4/c1-5-11(16)14-9-10(15)7-6-8-12(17)18-13(2,3)4/h5-9H2,1-4H3,(H,14,16). The van der Waals surface area contributed by atoms with Gasteiger partial charge in [-0.05, 0) is 27.2 Å². The number of rotatable bonds is 7. The summed E-state index contributed by atoms with van der Waals surface area (Å²) in [4.78, 5) is 33.6. The molecule has 0 aliphatic carbocycles. The second-order valence-corrected chi connectivity index (χ2v) is 5.11. The fourth-order valence-corrected chi connectivity index (χ4v) is 1.23. The third kappa shape index (κ3) is 9.81. The van der Waals surface area contributed by atoms with E-state index in [4.69, 9.17) is 4.74 Å². The molecule has 0 heterocycles. The Balaban J connectivity index is 3.68. The van der Waals surface area contributed by atoms with Crippen LogP contribution in [0.25, 0.3) is 0 Å². The summed E-state index contributed by atoms with van der Waals surface area (Å²) in [6, 6.07) is 0. The first-order valence-corrected chi connectivity index (χ1v) is 6.25. The van der Waals surface area contributed by atoms with Gasteiger partial charge in [-0.2, -0.15) is 0 Å². The molecule has 0 aromatic carbocycles. The smallest absolute Gasteiger partial charge is 0.306 e. The average Bonchev–Trinajstić information content (AvgIpc) is 2.23. The maximum absolute atomic E-state index is 11.4. The number of carbonyl (C=O) groups is 3. The van der Waals surface area contributed by atoms with Gasteiger partial charge in [0.15, 0.2) is 5.78 Å². The summed E-state index contributed by atoms with van der Waals surface area (Å²) in [5, 5.41) is 2.50. The van der Waals surface area contributed by atoms with E-state index in [-0.39, 0.29) is 37.0 Å². The minimum absolute atomic E-state index is 0.0427. The van der Waals surface area contributed by atoms with Crippen molar-refractivity contribution in [3.05, 3.63) is 0 Å². The van der Waals surface area contributed by atoms with Crippen molar-refractivity contribution < 1.29 is 19.1 Å². The Morgan fingerprint density at radius 3 is 2.22 bits per heavy atom. The number of Topliss-reactive ketones (excluding diaryl/α,β-unsaturated/α-hetero) is 1. The molecular formula is C13H23NO4. The van der Waals surface area contributed by atoms with E-state index in [0.717, 1.165) is 0 Å². The monoisotopic (exact) mass is 257 g/mol. The van der Waals surface area contributed by atoms with Crippen LogP contribution >= 0.6 is 0 Å². The molecule has 5 nitrogen and oxygen atoms in total. The lowest BCUT2D eigenvalue weighted by Crippen LogP contribution is -2.28. The molecule has 0 atom stereocenters. The van der Waals surface area contributed by atoms with E-state index < -0.39 is 5.60 Å². The zero-order valence-corrected chi connectivity index (χ0v) is 11.7. The SMILES string of the molecule is CCC(=O)NCC(=O)CCCC(=O)OC(C)(C)C. The Morgan fingerprint density at radius 1 is 1.11 bits per heavy atom. The molecule has 18 heavy (non-hydrogen) atoms. The Kier molecular flexibility index (Phi) is 7.24. The quantitative estimate of drug-likeness (QED) is 0.703. The van der Waals surface area contributed by atoms with Gasteiger partial charge >= 0.3 is 5.97 Å². The average molecular weight is 257 g/mol. The molecule has 5 heteroatoms. The van der Waals surface area contributed by atoms with Crippen LogP contribution in [0.3, 0.4) is 0 Å². The third-order valence-electron chi connectivity index (χ3n) is 2.06. The van der Waals surface area contributed by atoms with Crippen LogP contribution in [-0.4, -0.2) is 29.8 Å². The van der Waals surface area contributed by atoms with Gasteiger partial charge < -0.3 is 10.1 Å². The molecule has 0 rings (SSSR count). The summed E-state index contributed by atoms with van der Waals surface area (Å²) < 4.78 is 5.12. The molecule has 1 amide bonds. The van der Waals surface area contributed by atoms with Crippen LogP contribution in [0, 0.1) is 0 Å². The summed E-state index contributed by atoms with van der Waals surface area (Å²) in [5.41, 5.74) is -0.490. The van der Waals surface area contributed by atoms with Gasteiger partial charge in [-0.1, -0.05) is 6.92 Å². The van der Waals surface area contributed by atoms with Gasteiger partial charge in [0.2, 0.25) is 5.91 Å². The molecule has 1 N–H and O–H groups in total. The molecule has 104 valence electrons. The van der Waals surface area contributed by atoms with Gasteiger partial charge in [0.05, 0.1) is 6.54 Å². The van der Waals surface area contributed by atoms with Crippen molar-refractivity contribution in [2.45, 2.75) is 59.0 Å². The fraction of sp³-hybridized carbons (Fsp3) is 0.769. The van der Waals surface area contributed by atoms with Crippen LogP contribution in [0.4, 0.5) is 0 Å². The molecule has 0 saturated heterocycles. The number of ketones is 1. The van der Waals surface area contributed by atoms with E-state index in [0.29, 0.717) is 12.8 Å². The fourth-order valence-electron chi connectivity index (χ4n) is 1.23. The van der Waals surface area contributed by atoms with E-state index in [1.807, 2.05) is 0 Å². The van der Waals surface area contributed by atoms with E-state index in [1.54, 1.807) is 27.7 Å². The minimum Gasteiger partial charge on any atom is -0.460 e. The molecule has 0 aromatic rings. The Morgan fingerprint density at radius 2 is 1.72 bits per heavy atom. The number of nitrogens with one attached hydrogen (secondary N) is 1. The summed E-state index contributed by atoms with van der Waals surface area (Å²) in [6.45, 7) is 7.17. The second kappa shape index (κ2) is 7.84. The maximum atomic E-state index is 11.4. The topological polar surface area (TPSA) is 72.5 Å². The van der Waals surface area contributed by atoms with Gasteiger partial charge in [0, 0.05) is 19.3 Å². The summed E-state index contributed by atoms with van der Waals surface area (Å²) in [6.07, 6.45) is 1.33. The highest BCUT2D eigenvalue weighted by Gasteiger charge is 2.16. The van der Waals surface area contributed by atoms with Crippen LogP contribution in [0.5, 0.6) is 0 Å². The number of hydrogen-bond acceptors (Lipinski definition) is 4. The van der Waals surface area contributed by atoms with E-state index in [1.165, 1.54) is 0 Å². The third-order valence-corrected chi connectivity index (χ3v) is 2.06. The highest BCUT2D eigenvalue weighted by Crippen LogP contribution is 2.09. The zero-order chi connectivity index (χ0) is 14.2.